The lowest BCUT2D eigenvalue weighted by Crippen LogP contribution is -2.42. The van der Waals surface area contributed by atoms with E-state index in [-0.39, 0.29) is 17.3 Å². The molecule has 1 atom stereocenters. The van der Waals surface area contributed by atoms with E-state index in [1.54, 1.807) is 13.2 Å². The standard InChI is InChI=1S/C16H21N3O5/c1-3-5-12-10-18(6-4-7-24-2)13-8-11(16(20)21)9-14(19(22)23)15(13)17-12/h3,8-9,12,17H,1,4-7,10H2,2H3,(H,20,21)/t12-/m0/s1. The van der Waals surface area contributed by atoms with Gasteiger partial charge in [0.05, 0.1) is 16.2 Å². The van der Waals surface area contributed by atoms with E-state index < -0.39 is 10.9 Å². The van der Waals surface area contributed by atoms with Crippen molar-refractivity contribution in [2.45, 2.75) is 18.9 Å². The zero-order valence-electron chi connectivity index (χ0n) is 13.5. The van der Waals surface area contributed by atoms with Crippen molar-refractivity contribution in [3.8, 4) is 0 Å². The third-order valence-electron chi connectivity index (χ3n) is 3.90. The molecule has 1 aromatic rings. The Bertz CT molecular complexity index is 647. The van der Waals surface area contributed by atoms with Crippen LogP contribution < -0.4 is 10.2 Å². The van der Waals surface area contributed by atoms with Crippen LogP contribution in [0.3, 0.4) is 0 Å². The highest BCUT2D eigenvalue weighted by molar-refractivity contribution is 5.94. The van der Waals surface area contributed by atoms with Crippen molar-refractivity contribution < 1.29 is 19.6 Å². The van der Waals surface area contributed by atoms with Crippen LogP contribution in [0.5, 0.6) is 0 Å². The Morgan fingerprint density at radius 3 is 2.96 bits per heavy atom. The van der Waals surface area contributed by atoms with Gasteiger partial charge in [0.15, 0.2) is 0 Å². The fourth-order valence-electron chi connectivity index (χ4n) is 2.84. The number of carbonyl (C=O) groups is 1. The molecule has 1 aliphatic heterocycles. The van der Waals surface area contributed by atoms with Crippen LogP contribution in [-0.4, -0.2) is 48.8 Å². The molecule has 8 nitrogen and oxygen atoms in total. The van der Waals surface area contributed by atoms with Crippen molar-refractivity contribution in [3.63, 3.8) is 0 Å². The average Bonchev–Trinajstić information content (AvgIpc) is 2.54. The number of aromatic carboxylic acids is 1. The summed E-state index contributed by atoms with van der Waals surface area (Å²) in [6.07, 6.45) is 3.15. The first kappa shape index (κ1) is 17.7. The van der Waals surface area contributed by atoms with Gasteiger partial charge in [0.25, 0.3) is 5.69 Å². The largest absolute Gasteiger partial charge is 0.478 e. The summed E-state index contributed by atoms with van der Waals surface area (Å²) in [4.78, 5) is 24.1. The van der Waals surface area contributed by atoms with E-state index in [1.807, 2.05) is 4.90 Å². The predicted molar refractivity (Wildman–Crippen MR) is 91.0 cm³/mol. The minimum Gasteiger partial charge on any atom is -0.478 e. The molecule has 0 saturated heterocycles. The molecule has 0 saturated carbocycles. The van der Waals surface area contributed by atoms with Crippen LogP contribution in [0.4, 0.5) is 17.1 Å². The molecule has 0 unspecified atom stereocenters. The number of carboxylic acids is 1. The van der Waals surface area contributed by atoms with E-state index in [0.29, 0.717) is 37.5 Å². The third kappa shape index (κ3) is 3.83. The van der Waals surface area contributed by atoms with Crippen molar-refractivity contribution >= 4 is 23.0 Å². The maximum Gasteiger partial charge on any atom is 0.336 e. The molecule has 130 valence electrons. The molecular formula is C16H21N3O5. The SMILES string of the molecule is C=CC[C@H]1CN(CCCOC)c2cc(C(=O)O)cc([N+](=O)[O-])c2N1. The third-order valence-corrected chi connectivity index (χ3v) is 3.90. The lowest BCUT2D eigenvalue weighted by atomic mass is 10.0. The summed E-state index contributed by atoms with van der Waals surface area (Å²) in [6.45, 7) is 5.51. The van der Waals surface area contributed by atoms with E-state index in [0.717, 1.165) is 12.5 Å². The smallest absolute Gasteiger partial charge is 0.336 e. The number of nitrogens with one attached hydrogen (secondary N) is 1. The van der Waals surface area contributed by atoms with Crippen LogP contribution in [0.15, 0.2) is 24.8 Å². The van der Waals surface area contributed by atoms with Gasteiger partial charge >= 0.3 is 5.97 Å². The monoisotopic (exact) mass is 335 g/mol. The second kappa shape index (κ2) is 7.78. The van der Waals surface area contributed by atoms with E-state index >= 15 is 0 Å². The van der Waals surface area contributed by atoms with Gasteiger partial charge in [-0.05, 0) is 18.9 Å². The van der Waals surface area contributed by atoms with Crippen molar-refractivity contribution in [2.24, 2.45) is 0 Å². The van der Waals surface area contributed by atoms with Crippen LogP contribution in [0.1, 0.15) is 23.2 Å². The fraction of sp³-hybridized carbons (Fsp3) is 0.438. The van der Waals surface area contributed by atoms with E-state index in [9.17, 15) is 20.0 Å². The summed E-state index contributed by atoms with van der Waals surface area (Å²) in [7, 11) is 1.61. The zero-order chi connectivity index (χ0) is 17.7. The number of fused-ring (bicyclic) bond motifs is 1. The van der Waals surface area contributed by atoms with Gasteiger partial charge in [-0.3, -0.25) is 10.1 Å². The number of nitrogens with zero attached hydrogens (tertiary/aromatic N) is 2. The number of nitro groups is 1. The summed E-state index contributed by atoms with van der Waals surface area (Å²) in [5.74, 6) is -1.19. The van der Waals surface area contributed by atoms with Crippen molar-refractivity contribution in [2.75, 3.05) is 37.0 Å². The highest BCUT2D eigenvalue weighted by Crippen LogP contribution is 2.40. The van der Waals surface area contributed by atoms with Crippen molar-refractivity contribution in [1.82, 2.24) is 0 Å². The van der Waals surface area contributed by atoms with Gasteiger partial charge in [-0.2, -0.15) is 0 Å². The van der Waals surface area contributed by atoms with Crippen molar-refractivity contribution in [3.05, 3.63) is 40.5 Å². The number of ether oxygens (including phenoxy) is 1. The maximum absolute atomic E-state index is 11.4. The van der Waals surface area contributed by atoms with Gasteiger partial charge in [0.2, 0.25) is 0 Å². The lowest BCUT2D eigenvalue weighted by Gasteiger charge is -2.37. The molecule has 1 heterocycles. The molecule has 2 rings (SSSR count). The summed E-state index contributed by atoms with van der Waals surface area (Å²) in [6, 6.07) is 2.55. The number of anilines is 2. The Hall–Kier alpha value is -2.61. The minimum atomic E-state index is -1.19. The molecule has 0 spiro atoms. The highest BCUT2D eigenvalue weighted by atomic mass is 16.6. The van der Waals surface area contributed by atoms with Crippen molar-refractivity contribution in [1.29, 1.82) is 0 Å². The van der Waals surface area contributed by atoms with Crippen LogP contribution in [0.2, 0.25) is 0 Å². The Balaban J connectivity index is 2.47. The number of hydrogen-bond acceptors (Lipinski definition) is 6. The fourth-order valence-corrected chi connectivity index (χ4v) is 2.84. The van der Waals surface area contributed by atoms with E-state index in [4.69, 9.17) is 4.74 Å². The quantitative estimate of drug-likeness (QED) is 0.325. The first-order valence-electron chi connectivity index (χ1n) is 7.65. The molecule has 0 aliphatic carbocycles. The topological polar surface area (TPSA) is 105 Å². The molecule has 1 aliphatic rings. The Morgan fingerprint density at radius 1 is 1.62 bits per heavy atom. The summed E-state index contributed by atoms with van der Waals surface area (Å²) >= 11 is 0. The maximum atomic E-state index is 11.4. The number of rotatable bonds is 8. The lowest BCUT2D eigenvalue weighted by molar-refractivity contribution is -0.384. The minimum absolute atomic E-state index is 0.0214. The highest BCUT2D eigenvalue weighted by Gasteiger charge is 2.31. The van der Waals surface area contributed by atoms with Gasteiger partial charge in [0, 0.05) is 38.9 Å². The van der Waals surface area contributed by atoms with Gasteiger partial charge in [-0.25, -0.2) is 4.79 Å². The van der Waals surface area contributed by atoms with Gasteiger partial charge < -0.3 is 20.1 Å². The van der Waals surface area contributed by atoms with Crippen LogP contribution in [-0.2, 0) is 4.74 Å². The van der Waals surface area contributed by atoms with Gasteiger partial charge in [-0.1, -0.05) is 6.08 Å². The summed E-state index contributed by atoms with van der Waals surface area (Å²) < 4.78 is 5.06. The molecule has 24 heavy (non-hydrogen) atoms. The number of nitro benzene ring substituents is 1. The molecular weight excluding hydrogens is 314 g/mol. The molecule has 1 aromatic carbocycles. The van der Waals surface area contributed by atoms with Crippen LogP contribution >= 0.6 is 0 Å². The molecule has 0 bridgehead atoms. The summed E-state index contributed by atoms with van der Waals surface area (Å²) in [5.41, 5.74) is 0.579. The van der Waals surface area contributed by atoms with Crippen LogP contribution in [0, 0.1) is 10.1 Å². The zero-order valence-corrected chi connectivity index (χ0v) is 13.5. The number of methoxy groups -OCH3 is 1. The van der Waals surface area contributed by atoms with Gasteiger partial charge in [0.1, 0.15) is 5.69 Å². The summed E-state index contributed by atoms with van der Waals surface area (Å²) in [5, 5.41) is 23.8. The molecule has 0 amide bonds. The molecule has 0 aromatic heterocycles. The molecule has 0 fully saturated rings. The normalized spacial score (nSPS) is 16.2. The number of benzene rings is 1. The Kier molecular flexibility index (Phi) is 5.75. The Labute approximate surface area is 139 Å². The molecule has 2 N–H and O–H groups in total. The van der Waals surface area contributed by atoms with E-state index in [1.165, 1.54) is 6.07 Å². The second-order valence-electron chi connectivity index (χ2n) is 5.61. The number of carboxylic acid groups (broad SMARTS) is 1. The molecule has 8 heteroatoms. The second-order valence-corrected chi connectivity index (χ2v) is 5.61. The first-order valence-corrected chi connectivity index (χ1v) is 7.65. The van der Waals surface area contributed by atoms with E-state index in [2.05, 4.69) is 11.9 Å². The Morgan fingerprint density at radius 2 is 2.38 bits per heavy atom. The predicted octanol–water partition coefficient (Wildman–Crippen LogP) is 2.51. The van der Waals surface area contributed by atoms with Gasteiger partial charge in [-0.15, -0.1) is 6.58 Å². The number of hydrogen-bond donors (Lipinski definition) is 2. The van der Waals surface area contributed by atoms with Crippen LogP contribution in [0.25, 0.3) is 0 Å². The first-order chi connectivity index (χ1) is 11.5. The molecule has 0 radical (unpaired) electrons. The average molecular weight is 335 g/mol.